The number of H-pyrrole nitrogens is 1. The van der Waals surface area contributed by atoms with Crippen LogP contribution in [0.3, 0.4) is 0 Å². The number of ether oxygens (including phenoxy) is 1. The summed E-state index contributed by atoms with van der Waals surface area (Å²) in [5.41, 5.74) is 2.39. The number of nitrogens with one attached hydrogen (secondary N) is 2. The van der Waals surface area contributed by atoms with Crippen LogP contribution in [-0.2, 0) is 9.53 Å². The van der Waals surface area contributed by atoms with Crippen LogP contribution in [-0.4, -0.2) is 29.5 Å². The standard InChI is InChI=1S/C20H27N3O3/c1-5-26-20(25)18-13(3)17(22-14(18)4)10-15(11-21)19(24)23-16-9-7-6-8-12(16)2/h10,12,16,22H,5-9H2,1-4H3,(H,23,24)/b15-10+/t12-,16+/m1/s1. The number of carbonyl (C=O) groups is 2. The molecule has 1 aromatic rings. The van der Waals surface area contributed by atoms with Crippen molar-refractivity contribution in [3.63, 3.8) is 0 Å². The van der Waals surface area contributed by atoms with Crippen LogP contribution in [0.15, 0.2) is 5.57 Å². The zero-order valence-corrected chi connectivity index (χ0v) is 15.9. The van der Waals surface area contributed by atoms with Gasteiger partial charge in [0.05, 0.1) is 12.2 Å². The number of hydrogen-bond donors (Lipinski definition) is 2. The number of amides is 1. The average molecular weight is 357 g/mol. The summed E-state index contributed by atoms with van der Waals surface area (Å²) in [6, 6.07) is 2.08. The molecule has 2 N–H and O–H groups in total. The molecular formula is C20H27N3O3. The summed E-state index contributed by atoms with van der Waals surface area (Å²) in [6.45, 7) is 7.72. The van der Waals surface area contributed by atoms with Crippen LogP contribution in [0.5, 0.6) is 0 Å². The van der Waals surface area contributed by atoms with Crippen molar-refractivity contribution in [3.05, 3.63) is 28.1 Å². The predicted molar refractivity (Wildman–Crippen MR) is 99.4 cm³/mol. The number of hydrogen-bond acceptors (Lipinski definition) is 4. The van der Waals surface area contributed by atoms with Gasteiger partial charge < -0.3 is 15.0 Å². The van der Waals surface area contributed by atoms with Crippen molar-refractivity contribution in [1.82, 2.24) is 10.3 Å². The largest absolute Gasteiger partial charge is 0.462 e. The summed E-state index contributed by atoms with van der Waals surface area (Å²) in [6.07, 6.45) is 5.83. The van der Waals surface area contributed by atoms with E-state index in [0.717, 1.165) is 19.3 Å². The third kappa shape index (κ3) is 4.34. The molecule has 0 unspecified atom stereocenters. The summed E-state index contributed by atoms with van der Waals surface area (Å²) in [5.74, 6) is -0.356. The number of aromatic nitrogens is 1. The lowest BCUT2D eigenvalue weighted by atomic mass is 9.86. The Bertz CT molecular complexity index is 755. The molecule has 0 aromatic carbocycles. The Balaban J connectivity index is 2.23. The highest BCUT2D eigenvalue weighted by molar-refractivity contribution is 6.02. The van der Waals surface area contributed by atoms with Crippen molar-refractivity contribution in [3.8, 4) is 6.07 Å². The zero-order chi connectivity index (χ0) is 19.3. The molecular weight excluding hydrogens is 330 g/mol. The summed E-state index contributed by atoms with van der Waals surface area (Å²) >= 11 is 0. The molecule has 2 atom stereocenters. The molecule has 0 aliphatic heterocycles. The van der Waals surface area contributed by atoms with Crippen LogP contribution >= 0.6 is 0 Å². The summed E-state index contributed by atoms with van der Waals surface area (Å²) in [5, 5.41) is 12.4. The fourth-order valence-corrected chi connectivity index (χ4v) is 3.50. The molecule has 0 saturated heterocycles. The number of nitrogens with zero attached hydrogens (tertiary/aromatic N) is 1. The van der Waals surface area contributed by atoms with Crippen molar-refractivity contribution in [2.24, 2.45) is 5.92 Å². The third-order valence-corrected chi connectivity index (χ3v) is 5.04. The van der Waals surface area contributed by atoms with Crippen molar-refractivity contribution in [2.45, 2.75) is 59.4 Å². The third-order valence-electron chi connectivity index (χ3n) is 5.04. The first-order valence-electron chi connectivity index (χ1n) is 9.17. The molecule has 1 heterocycles. The fourth-order valence-electron chi connectivity index (χ4n) is 3.50. The highest BCUT2D eigenvalue weighted by Gasteiger charge is 2.25. The van der Waals surface area contributed by atoms with Gasteiger partial charge in [0, 0.05) is 17.4 Å². The first-order chi connectivity index (χ1) is 12.4. The van der Waals surface area contributed by atoms with Gasteiger partial charge in [-0.25, -0.2) is 4.79 Å². The van der Waals surface area contributed by atoms with E-state index in [2.05, 4.69) is 17.2 Å². The van der Waals surface area contributed by atoms with E-state index in [1.807, 2.05) is 6.07 Å². The maximum atomic E-state index is 12.5. The average Bonchev–Trinajstić information content (AvgIpc) is 2.88. The number of rotatable bonds is 5. The number of aryl methyl sites for hydroxylation is 1. The molecule has 1 aliphatic carbocycles. The van der Waals surface area contributed by atoms with Crippen LogP contribution in [0.2, 0.25) is 0 Å². The highest BCUT2D eigenvalue weighted by Crippen LogP contribution is 2.25. The molecule has 6 nitrogen and oxygen atoms in total. The van der Waals surface area contributed by atoms with E-state index < -0.39 is 5.97 Å². The molecule has 0 radical (unpaired) electrons. The lowest BCUT2D eigenvalue weighted by Crippen LogP contribution is -2.41. The molecule has 1 aliphatic rings. The van der Waals surface area contributed by atoms with Gasteiger partial charge in [-0.3, -0.25) is 4.79 Å². The fraction of sp³-hybridized carbons (Fsp3) is 0.550. The van der Waals surface area contributed by atoms with Gasteiger partial charge in [-0.05, 0) is 51.2 Å². The van der Waals surface area contributed by atoms with E-state index in [1.54, 1.807) is 20.8 Å². The first-order valence-corrected chi connectivity index (χ1v) is 9.17. The zero-order valence-electron chi connectivity index (χ0n) is 15.9. The molecule has 0 bridgehead atoms. The van der Waals surface area contributed by atoms with E-state index in [9.17, 15) is 14.9 Å². The number of esters is 1. The summed E-state index contributed by atoms with van der Waals surface area (Å²) in [4.78, 5) is 27.7. The molecule has 140 valence electrons. The molecule has 2 rings (SSSR count). The lowest BCUT2D eigenvalue weighted by molar-refractivity contribution is -0.118. The van der Waals surface area contributed by atoms with Gasteiger partial charge in [-0.2, -0.15) is 5.26 Å². The Morgan fingerprint density at radius 2 is 2.04 bits per heavy atom. The summed E-state index contributed by atoms with van der Waals surface area (Å²) in [7, 11) is 0. The first kappa shape index (κ1) is 19.8. The Kier molecular flexibility index (Phi) is 6.62. The van der Waals surface area contributed by atoms with Crippen LogP contribution in [0.1, 0.15) is 66.8 Å². The van der Waals surface area contributed by atoms with E-state index in [-0.39, 0.29) is 17.5 Å². The van der Waals surface area contributed by atoms with Crippen molar-refractivity contribution >= 4 is 18.0 Å². The Morgan fingerprint density at radius 3 is 2.65 bits per heavy atom. The van der Waals surface area contributed by atoms with Crippen molar-refractivity contribution in [2.75, 3.05) is 6.61 Å². The molecule has 26 heavy (non-hydrogen) atoms. The van der Waals surface area contributed by atoms with Gasteiger partial charge in [0.1, 0.15) is 11.6 Å². The maximum absolute atomic E-state index is 12.5. The van der Waals surface area contributed by atoms with E-state index in [1.165, 1.54) is 12.5 Å². The molecule has 1 saturated carbocycles. The molecule has 1 fully saturated rings. The summed E-state index contributed by atoms with van der Waals surface area (Å²) < 4.78 is 5.07. The highest BCUT2D eigenvalue weighted by atomic mass is 16.5. The smallest absolute Gasteiger partial charge is 0.340 e. The van der Waals surface area contributed by atoms with E-state index in [4.69, 9.17) is 4.74 Å². The topological polar surface area (TPSA) is 95.0 Å². The van der Waals surface area contributed by atoms with Crippen molar-refractivity contribution < 1.29 is 14.3 Å². The van der Waals surface area contributed by atoms with Gasteiger partial charge in [0.15, 0.2) is 0 Å². The molecule has 6 heteroatoms. The molecule has 0 spiro atoms. The lowest BCUT2D eigenvalue weighted by Gasteiger charge is -2.29. The second-order valence-electron chi connectivity index (χ2n) is 6.90. The van der Waals surface area contributed by atoms with Crippen LogP contribution in [0.4, 0.5) is 0 Å². The number of nitriles is 1. The van der Waals surface area contributed by atoms with Gasteiger partial charge >= 0.3 is 5.97 Å². The van der Waals surface area contributed by atoms with Crippen LogP contribution in [0.25, 0.3) is 6.08 Å². The number of aromatic amines is 1. The monoisotopic (exact) mass is 357 g/mol. The van der Waals surface area contributed by atoms with Gasteiger partial charge in [0.25, 0.3) is 5.91 Å². The minimum atomic E-state index is -0.405. The van der Waals surface area contributed by atoms with Gasteiger partial charge in [-0.1, -0.05) is 19.8 Å². The second-order valence-corrected chi connectivity index (χ2v) is 6.90. The van der Waals surface area contributed by atoms with Crippen LogP contribution in [0, 0.1) is 31.1 Å². The minimum Gasteiger partial charge on any atom is -0.462 e. The quantitative estimate of drug-likeness (QED) is 0.479. The Hall–Kier alpha value is -2.55. The minimum absolute atomic E-state index is 0.0301. The Morgan fingerprint density at radius 1 is 1.35 bits per heavy atom. The van der Waals surface area contributed by atoms with Crippen molar-refractivity contribution in [1.29, 1.82) is 5.26 Å². The predicted octanol–water partition coefficient (Wildman–Crippen LogP) is 3.41. The molecule has 1 amide bonds. The maximum Gasteiger partial charge on any atom is 0.340 e. The van der Waals surface area contributed by atoms with Gasteiger partial charge in [0.2, 0.25) is 0 Å². The van der Waals surface area contributed by atoms with E-state index >= 15 is 0 Å². The normalized spacial score (nSPS) is 20.3. The second kappa shape index (κ2) is 8.70. The Labute approximate surface area is 154 Å². The molecule has 1 aromatic heterocycles. The van der Waals surface area contributed by atoms with Gasteiger partial charge in [-0.15, -0.1) is 0 Å². The van der Waals surface area contributed by atoms with Crippen LogP contribution < -0.4 is 5.32 Å². The number of carbonyl (C=O) groups excluding carboxylic acids is 2. The SMILES string of the molecule is CCOC(=O)c1c(C)[nH]c(/C=C(\C#N)C(=O)N[C@H]2CCCC[C@H]2C)c1C. The van der Waals surface area contributed by atoms with E-state index in [0.29, 0.717) is 35.0 Å².